The molecule has 1 aromatic carbocycles. The lowest BCUT2D eigenvalue weighted by Gasteiger charge is -2.23. The van der Waals surface area contributed by atoms with E-state index in [1.54, 1.807) is 37.5 Å². The summed E-state index contributed by atoms with van der Waals surface area (Å²) in [4.78, 5) is 4.22. The number of nitrogens with zero attached hydrogens (tertiary/aromatic N) is 2. The van der Waals surface area contributed by atoms with Gasteiger partial charge in [0.1, 0.15) is 0 Å². The van der Waals surface area contributed by atoms with E-state index in [0.29, 0.717) is 5.39 Å². The van der Waals surface area contributed by atoms with Crippen molar-refractivity contribution in [1.82, 2.24) is 9.29 Å². The Bertz CT molecular complexity index is 680. The molecule has 0 radical (unpaired) electrons. The molecule has 0 bridgehead atoms. The smallest absolute Gasteiger partial charge is 0.243 e. The van der Waals surface area contributed by atoms with Gasteiger partial charge in [-0.15, -0.1) is 0 Å². The predicted octanol–water partition coefficient (Wildman–Crippen LogP) is 1.24. The molecular weight excluding hydrogens is 264 g/mol. The van der Waals surface area contributed by atoms with E-state index in [2.05, 4.69) is 4.98 Å². The molecule has 2 rings (SSSR count). The van der Waals surface area contributed by atoms with E-state index in [1.165, 1.54) is 11.4 Å². The van der Waals surface area contributed by atoms with Crippen molar-refractivity contribution in [3.63, 3.8) is 0 Å². The zero-order valence-corrected chi connectivity index (χ0v) is 11.6. The van der Waals surface area contributed by atoms with Crippen LogP contribution in [0, 0.1) is 0 Å². The average Bonchev–Trinajstić information content (AvgIpc) is 2.44. The van der Waals surface area contributed by atoms with E-state index in [0.717, 1.165) is 5.39 Å². The van der Waals surface area contributed by atoms with Gasteiger partial charge in [-0.3, -0.25) is 4.98 Å². The van der Waals surface area contributed by atoms with Crippen molar-refractivity contribution >= 4 is 20.8 Å². The van der Waals surface area contributed by atoms with Gasteiger partial charge < -0.3 is 5.11 Å². The summed E-state index contributed by atoms with van der Waals surface area (Å²) in [5, 5.41) is 10.5. The standard InChI is InChI=1S/C13H16N2O3S/c1-10(9-16)15(2)19(17,18)13-5-3-4-11-8-14-7-6-12(11)13/h3-8,10,16H,9H2,1-2H3. The van der Waals surface area contributed by atoms with Crippen molar-refractivity contribution in [2.75, 3.05) is 13.7 Å². The molecule has 1 aromatic heterocycles. The minimum Gasteiger partial charge on any atom is -0.395 e. The van der Waals surface area contributed by atoms with Crippen LogP contribution < -0.4 is 0 Å². The fourth-order valence-corrected chi connectivity index (χ4v) is 3.39. The summed E-state index contributed by atoms with van der Waals surface area (Å²) >= 11 is 0. The number of rotatable bonds is 4. The van der Waals surface area contributed by atoms with Crippen LogP contribution in [0.4, 0.5) is 0 Å². The number of aliphatic hydroxyl groups excluding tert-OH is 1. The monoisotopic (exact) mass is 280 g/mol. The summed E-state index contributed by atoms with van der Waals surface area (Å²) in [6.07, 6.45) is 3.20. The number of sulfonamides is 1. The molecule has 0 aliphatic heterocycles. The van der Waals surface area contributed by atoms with Crippen molar-refractivity contribution < 1.29 is 13.5 Å². The normalized spacial score (nSPS) is 13.9. The second-order valence-corrected chi connectivity index (χ2v) is 6.37. The molecule has 0 spiro atoms. The maximum absolute atomic E-state index is 12.5. The second-order valence-electron chi connectivity index (χ2n) is 4.41. The Labute approximate surface area is 112 Å². The first kappa shape index (κ1) is 13.9. The molecule has 0 saturated carbocycles. The second kappa shape index (κ2) is 5.24. The third kappa shape index (κ3) is 2.47. The third-order valence-corrected chi connectivity index (χ3v) is 5.21. The minimum absolute atomic E-state index is 0.220. The Balaban J connectivity index is 2.61. The van der Waals surface area contributed by atoms with Gasteiger partial charge in [0, 0.05) is 36.3 Å². The van der Waals surface area contributed by atoms with Crippen molar-refractivity contribution in [3.05, 3.63) is 36.7 Å². The first-order valence-corrected chi connectivity index (χ1v) is 7.34. The van der Waals surface area contributed by atoms with Gasteiger partial charge in [-0.2, -0.15) is 4.31 Å². The van der Waals surface area contributed by atoms with Crippen molar-refractivity contribution in [1.29, 1.82) is 0 Å². The summed E-state index contributed by atoms with van der Waals surface area (Å²) in [6.45, 7) is 1.44. The Kier molecular flexibility index (Phi) is 3.84. The van der Waals surface area contributed by atoms with Gasteiger partial charge in [0.15, 0.2) is 0 Å². The van der Waals surface area contributed by atoms with Crippen LogP contribution >= 0.6 is 0 Å². The number of pyridine rings is 1. The zero-order valence-electron chi connectivity index (χ0n) is 10.8. The molecule has 0 amide bonds. The van der Waals surface area contributed by atoms with E-state index >= 15 is 0 Å². The minimum atomic E-state index is -3.63. The fourth-order valence-electron chi connectivity index (χ4n) is 1.82. The highest BCUT2D eigenvalue weighted by molar-refractivity contribution is 7.89. The SMILES string of the molecule is CC(CO)N(C)S(=O)(=O)c1cccc2cnccc12. The Morgan fingerprint density at radius 2 is 2.11 bits per heavy atom. The van der Waals surface area contributed by atoms with Gasteiger partial charge in [-0.05, 0) is 19.1 Å². The van der Waals surface area contributed by atoms with Crippen molar-refractivity contribution in [2.45, 2.75) is 17.9 Å². The summed E-state index contributed by atoms with van der Waals surface area (Å²) in [5.41, 5.74) is 0. The maximum atomic E-state index is 12.5. The van der Waals surface area contributed by atoms with Gasteiger partial charge in [-0.1, -0.05) is 12.1 Å². The van der Waals surface area contributed by atoms with E-state index < -0.39 is 16.1 Å². The van der Waals surface area contributed by atoms with Crippen LogP contribution in [0.25, 0.3) is 10.8 Å². The summed E-state index contributed by atoms with van der Waals surface area (Å²) in [6, 6.07) is 6.28. The number of fused-ring (bicyclic) bond motifs is 1. The van der Waals surface area contributed by atoms with Crippen molar-refractivity contribution in [2.24, 2.45) is 0 Å². The first-order chi connectivity index (χ1) is 8.98. The quantitative estimate of drug-likeness (QED) is 0.914. The molecule has 5 nitrogen and oxygen atoms in total. The lowest BCUT2D eigenvalue weighted by molar-refractivity contribution is 0.214. The Morgan fingerprint density at radius 1 is 1.37 bits per heavy atom. The number of aliphatic hydroxyl groups is 1. The molecular formula is C13H16N2O3S. The van der Waals surface area contributed by atoms with Gasteiger partial charge in [0.2, 0.25) is 10.0 Å². The molecule has 19 heavy (non-hydrogen) atoms. The number of benzene rings is 1. The predicted molar refractivity (Wildman–Crippen MR) is 73.2 cm³/mol. The fraction of sp³-hybridized carbons (Fsp3) is 0.308. The summed E-state index contributed by atoms with van der Waals surface area (Å²) in [7, 11) is -2.16. The Hall–Kier alpha value is -1.50. The number of aromatic nitrogens is 1. The van der Waals surface area contributed by atoms with Crippen molar-refractivity contribution in [3.8, 4) is 0 Å². The highest BCUT2D eigenvalue weighted by atomic mass is 32.2. The molecule has 1 atom stereocenters. The average molecular weight is 280 g/mol. The molecule has 102 valence electrons. The van der Waals surface area contributed by atoms with Gasteiger partial charge in [-0.25, -0.2) is 8.42 Å². The summed E-state index contributed by atoms with van der Waals surface area (Å²) in [5.74, 6) is 0. The largest absolute Gasteiger partial charge is 0.395 e. The lowest BCUT2D eigenvalue weighted by atomic mass is 10.2. The van der Waals surface area contributed by atoms with Crippen LogP contribution in [-0.4, -0.2) is 42.5 Å². The van der Waals surface area contributed by atoms with Crippen LogP contribution in [0.5, 0.6) is 0 Å². The number of likely N-dealkylation sites (N-methyl/N-ethyl adjacent to an activating group) is 1. The van der Waals surface area contributed by atoms with E-state index in [9.17, 15) is 8.42 Å². The molecule has 1 heterocycles. The Morgan fingerprint density at radius 3 is 2.79 bits per heavy atom. The molecule has 0 saturated heterocycles. The number of hydrogen-bond donors (Lipinski definition) is 1. The first-order valence-electron chi connectivity index (χ1n) is 5.90. The lowest BCUT2D eigenvalue weighted by Crippen LogP contribution is -2.37. The maximum Gasteiger partial charge on any atom is 0.243 e. The van der Waals surface area contributed by atoms with Gasteiger partial charge >= 0.3 is 0 Å². The molecule has 6 heteroatoms. The van der Waals surface area contributed by atoms with Crippen LogP contribution in [0.1, 0.15) is 6.92 Å². The molecule has 0 aliphatic rings. The highest BCUT2D eigenvalue weighted by Crippen LogP contribution is 2.25. The van der Waals surface area contributed by atoms with E-state index in [-0.39, 0.29) is 11.5 Å². The van der Waals surface area contributed by atoms with Crippen LogP contribution in [0.2, 0.25) is 0 Å². The van der Waals surface area contributed by atoms with Crippen LogP contribution in [-0.2, 0) is 10.0 Å². The zero-order chi connectivity index (χ0) is 14.0. The van der Waals surface area contributed by atoms with Crippen LogP contribution in [0.3, 0.4) is 0 Å². The van der Waals surface area contributed by atoms with E-state index in [1.807, 2.05) is 6.07 Å². The van der Waals surface area contributed by atoms with Crippen LogP contribution in [0.15, 0.2) is 41.6 Å². The van der Waals surface area contributed by atoms with Gasteiger partial charge in [0.25, 0.3) is 0 Å². The molecule has 1 N–H and O–H groups in total. The molecule has 0 fully saturated rings. The summed E-state index contributed by atoms with van der Waals surface area (Å²) < 4.78 is 26.3. The third-order valence-electron chi connectivity index (χ3n) is 3.18. The highest BCUT2D eigenvalue weighted by Gasteiger charge is 2.26. The molecule has 1 unspecified atom stereocenters. The van der Waals surface area contributed by atoms with E-state index in [4.69, 9.17) is 5.11 Å². The topological polar surface area (TPSA) is 70.5 Å². The molecule has 0 aliphatic carbocycles. The number of hydrogen-bond acceptors (Lipinski definition) is 4. The molecule has 2 aromatic rings. The van der Waals surface area contributed by atoms with Gasteiger partial charge in [0.05, 0.1) is 11.5 Å².